The SMILES string of the molecule is CCC(C)C(C(CC(=O)N1CCC[C@H]1C(OC)C(C)C(=O)NC(Cc1ccccc1)C(=O)O)OC)N(C)C(=O)C(NC(=O)C(C(C)C)N(C)C(=O)C(NC)C(C)C)C(C)C. The van der Waals surface area contributed by atoms with Crippen LogP contribution in [0.2, 0.25) is 0 Å². The second-order valence-corrected chi connectivity index (χ2v) is 17.6. The van der Waals surface area contributed by atoms with Crippen molar-refractivity contribution in [3.63, 3.8) is 0 Å². The maximum absolute atomic E-state index is 14.5. The average Bonchev–Trinajstić information content (AvgIpc) is 3.69. The van der Waals surface area contributed by atoms with Gasteiger partial charge in [0.05, 0.1) is 42.7 Å². The summed E-state index contributed by atoms with van der Waals surface area (Å²) in [6.07, 6.45) is 0.562. The van der Waals surface area contributed by atoms with Crippen LogP contribution in [0, 0.1) is 29.6 Å². The molecule has 4 N–H and O–H groups in total. The summed E-state index contributed by atoms with van der Waals surface area (Å²) in [7, 11) is 8.01. The highest BCUT2D eigenvalue weighted by molar-refractivity contribution is 5.93. The van der Waals surface area contributed by atoms with Crippen LogP contribution in [0.1, 0.15) is 93.6 Å². The van der Waals surface area contributed by atoms with Crippen molar-refractivity contribution >= 4 is 35.5 Å². The number of nitrogens with one attached hydrogen (secondary N) is 3. The Morgan fingerprint density at radius 1 is 0.817 bits per heavy atom. The highest BCUT2D eigenvalue weighted by Gasteiger charge is 2.44. The third-order valence-electron chi connectivity index (χ3n) is 12.3. The van der Waals surface area contributed by atoms with Gasteiger partial charge in [-0.15, -0.1) is 0 Å². The zero-order valence-corrected chi connectivity index (χ0v) is 38.7. The largest absolute Gasteiger partial charge is 0.480 e. The monoisotopic (exact) mass is 845 g/mol. The molecule has 0 aromatic heterocycles. The van der Waals surface area contributed by atoms with Gasteiger partial charge >= 0.3 is 5.97 Å². The number of hydrogen-bond acceptors (Lipinski definition) is 9. The number of rotatable bonds is 24. The molecule has 60 heavy (non-hydrogen) atoms. The number of benzene rings is 1. The summed E-state index contributed by atoms with van der Waals surface area (Å²) in [6.45, 7) is 17.4. The van der Waals surface area contributed by atoms with Crippen molar-refractivity contribution in [2.75, 3.05) is 41.9 Å². The smallest absolute Gasteiger partial charge is 0.326 e. The normalized spacial score (nSPS) is 18.8. The van der Waals surface area contributed by atoms with Crippen LogP contribution in [-0.4, -0.2) is 146 Å². The molecule has 15 nitrogen and oxygen atoms in total. The molecule has 0 radical (unpaired) electrons. The number of likely N-dealkylation sites (N-methyl/N-ethyl adjacent to an activating group) is 3. The Labute approximate surface area is 359 Å². The molecule has 2 rings (SSSR count). The van der Waals surface area contributed by atoms with Crippen LogP contribution in [0.15, 0.2) is 30.3 Å². The van der Waals surface area contributed by atoms with E-state index in [2.05, 4.69) is 16.0 Å². The van der Waals surface area contributed by atoms with Crippen molar-refractivity contribution in [3.8, 4) is 0 Å². The number of carboxylic acid groups (broad SMARTS) is 1. The van der Waals surface area contributed by atoms with E-state index in [1.807, 2.05) is 73.6 Å². The Morgan fingerprint density at radius 2 is 1.40 bits per heavy atom. The topological polar surface area (TPSA) is 187 Å². The lowest BCUT2D eigenvalue weighted by Gasteiger charge is -2.41. The summed E-state index contributed by atoms with van der Waals surface area (Å²) in [4.78, 5) is 86.8. The van der Waals surface area contributed by atoms with Crippen molar-refractivity contribution < 1.29 is 43.3 Å². The fourth-order valence-electron chi connectivity index (χ4n) is 8.66. The van der Waals surface area contributed by atoms with Crippen LogP contribution >= 0.6 is 0 Å². The van der Waals surface area contributed by atoms with E-state index < -0.39 is 72.2 Å². The van der Waals surface area contributed by atoms with Gasteiger partial charge in [-0.05, 0) is 49.1 Å². The minimum atomic E-state index is -1.15. The molecule has 5 amide bonds. The lowest BCUT2D eigenvalue weighted by molar-refractivity contribution is -0.149. The summed E-state index contributed by atoms with van der Waals surface area (Å²) < 4.78 is 11.9. The fourth-order valence-corrected chi connectivity index (χ4v) is 8.66. The van der Waals surface area contributed by atoms with Crippen molar-refractivity contribution in [1.29, 1.82) is 0 Å². The van der Waals surface area contributed by atoms with Gasteiger partial charge < -0.3 is 45.2 Å². The molecule has 9 unspecified atom stereocenters. The van der Waals surface area contributed by atoms with E-state index in [0.717, 1.165) is 5.56 Å². The molecule has 1 aromatic carbocycles. The molecule has 1 aromatic rings. The van der Waals surface area contributed by atoms with Crippen molar-refractivity contribution in [2.45, 2.75) is 143 Å². The van der Waals surface area contributed by atoms with Gasteiger partial charge in [-0.25, -0.2) is 4.79 Å². The maximum Gasteiger partial charge on any atom is 0.326 e. The van der Waals surface area contributed by atoms with Crippen molar-refractivity contribution in [1.82, 2.24) is 30.7 Å². The highest BCUT2D eigenvalue weighted by atomic mass is 16.5. The van der Waals surface area contributed by atoms with E-state index in [1.165, 1.54) is 19.1 Å². The number of aliphatic carboxylic acids is 1. The Hall–Kier alpha value is -4.08. The zero-order chi connectivity index (χ0) is 45.6. The molecule has 15 heteroatoms. The zero-order valence-electron chi connectivity index (χ0n) is 38.7. The lowest BCUT2D eigenvalue weighted by Crippen LogP contribution is -2.61. The molecule has 1 fully saturated rings. The van der Waals surface area contributed by atoms with Crippen LogP contribution in [0.4, 0.5) is 0 Å². The number of carbonyl (C=O) groups excluding carboxylic acids is 5. The molecule has 0 saturated carbocycles. The predicted octanol–water partition coefficient (Wildman–Crippen LogP) is 3.59. The standard InChI is InChI=1S/C45H76N6O9/c1-15-29(8)39(50(12)44(56)37(27(4)5)48-42(54)38(28(6)7)49(11)43(55)36(46-10)26(2)3)34(59-13)25-35(52)51-23-19-22-33(51)40(60-14)30(9)41(53)47-32(45(57)58)24-31-20-17-16-18-21-31/h16-18,20-21,26-30,32-34,36-40,46H,15,19,22-25H2,1-14H3,(H,47,53)(H,48,54)(H,57,58)/t29?,30?,32?,33-,34?,36?,37?,38?,39?,40?/m0/s1. The number of hydrogen-bond donors (Lipinski definition) is 4. The third-order valence-corrected chi connectivity index (χ3v) is 12.3. The van der Waals surface area contributed by atoms with Gasteiger partial charge in [0, 0.05) is 41.3 Å². The molecule has 0 bridgehead atoms. The highest BCUT2D eigenvalue weighted by Crippen LogP contribution is 2.30. The van der Waals surface area contributed by atoms with E-state index in [9.17, 15) is 33.9 Å². The average molecular weight is 845 g/mol. The molecule has 1 aliphatic rings. The summed E-state index contributed by atoms with van der Waals surface area (Å²) >= 11 is 0. The first-order valence-corrected chi connectivity index (χ1v) is 21.6. The fraction of sp³-hybridized carbons (Fsp3) is 0.733. The number of methoxy groups -OCH3 is 2. The van der Waals surface area contributed by atoms with Crippen LogP contribution in [0.3, 0.4) is 0 Å². The first kappa shape index (κ1) is 52.1. The molecule has 0 spiro atoms. The number of amides is 5. The van der Waals surface area contributed by atoms with Gasteiger partial charge in [0.15, 0.2) is 0 Å². The Morgan fingerprint density at radius 3 is 1.88 bits per heavy atom. The van der Waals surface area contributed by atoms with Gasteiger partial charge in [-0.1, -0.05) is 99.1 Å². The van der Waals surface area contributed by atoms with Crippen LogP contribution in [0.5, 0.6) is 0 Å². The molecule has 0 aliphatic carbocycles. The van der Waals surface area contributed by atoms with Crippen LogP contribution in [0.25, 0.3) is 0 Å². The van der Waals surface area contributed by atoms with Crippen LogP contribution in [-0.2, 0) is 44.7 Å². The lowest BCUT2D eigenvalue weighted by atomic mass is 9.89. The first-order chi connectivity index (χ1) is 28.2. The summed E-state index contributed by atoms with van der Waals surface area (Å²) in [6, 6.07) is 4.68. The van der Waals surface area contributed by atoms with Gasteiger partial charge in [-0.2, -0.15) is 0 Å². The van der Waals surface area contributed by atoms with Gasteiger partial charge in [0.2, 0.25) is 29.5 Å². The summed E-state index contributed by atoms with van der Waals surface area (Å²) in [5, 5.41) is 18.6. The molecular weight excluding hydrogens is 769 g/mol. The van der Waals surface area contributed by atoms with Gasteiger partial charge in [0.25, 0.3) is 0 Å². The first-order valence-electron chi connectivity index (χ1n) is 21.6. The van der Waals surface area contributed by atoms with E-state index in [0.29, 0.717) is 25.8 Å². The van der Waals surface area contributed by atoms with E-state index in [1.54, 1.807) is 50.0 Å². The molecule has 340 valence electrons. The molecule has 1 heterocycles. The summed E-state index contributed by atoms with van der Waals surface area (Å²) in [5.41, 5.74) is 0.773. The van der Waals surface area contributed by atoms with E-state index in [-0.39, 0.29) is 54.2 Å². The Balaban J connectivity index is 2.32. The number of nitrogens with zero attached hydrogens (tertiary/aromatic N) is 3. The minimum Gasteiger partial charge on any atom is -0.480 e. The van der Waals surface area contributed by atoms with E-state index in [4.69, 9.17) is 9.47 Å². The van der Waals surface area contributed by atoms with E-state index >= 15 is 0 Å². The van der Waals surface area contributed by atoms with Crippen LogP contribution < -0.4 is 16.0 Å². The van der Waals surface area contributed by atoms with Crippen molar-refractivity contribution in [3.05, 3.63) is 35.9 Å². The van der Waals surface area contributed by atoms with Gasteiger partial charge in [0.1, 0.15) is 18.1 Å². The minimum absolute atomic E-state index is 0.00526. The number of carboxylic acids is 1. The maximum atomic E-state index is 14.5. The quantitative estimate of drug-likeness (QED) is 0.120. The molecule has 1 aliphatic heterocycles. The Bertz CT molecular complexity index is 1560. The molecule has 10 atom stereocenters. The predicted molar refractivity (Wildman–Crippen MR) is 232 cm³/mol. The Kier molecular flexibility index (Phi) is 21.2. The summed E-state index contributed by atoms with van der Waals surface area (Å²) in [5.74, 6) is -4.28. The second kappa shape index (κ2) is 24.4. The van der Waals surface area contributed by atoms with Crippen molar-refractivity contribution in [2.24, 2.45) is 29.6 Å². The number of carbonyl (C=O) groups is 6. The van der Waals surface area contributed by atoms with Gasteiger partial charge in [-0.3, -0.25) is 24.0 Å². The second-order valence-electron chi connectivity index (χ2n) is 17.6. The number of ether oxygens (including phenoxy) is 2. The third kappa shape index (κ3) is 13.5. The molecule has 1 saturated heterocycles. The number of likely N-dealkylation sites (tertiary alicyclic amines) is 1. The molecular formula is C45H76N6O9.